The summed E-state index contributed by atoms with van der Waals surface area (Å²) in [6.07, 6.45) is 2.75. The first-order chi connectivity index (χ1) is 13.9. The number of carbonyl (C=O) groups excluding carboxylic acids is 1. The molecule has 0 aliphatic carbocycles. The SMILES string of the molecule is COc1cc(N2CCCC2=O)ccc1N(F)/C=C(/C)[NH2+]Cc1ccc(Cl)c(Cl)c1. The molecule has 0 saturated carbocycles. The molecule has 2 aromatic rings. The van der Waals surface area contributed by atoms with Gasteiger partial charge in [-0.15, -0.1) is 0 Å². The van der Waals surface area contributed by atoms with Crippen LogP contribution >= 0.6 is 23.2 Å². The largest absolute Gasteiger partial charge is 0.494 e. The molecule has 0 aromatic heterocycles. The molecule has 2 N–H and O–H groups in total. The van der Waals surface area contributed by atoms with Gasteiger partial charge in [0, 0.05) is 37.2 Å². The number of hydrogen-bond acceptors (Lipinski definition) is 3. The van der Waals surface area contributed by atoms with Crippen LogP contribution in [0.5, 0.6) is 5.75 Å². The Bertz CT molecular complexity index is 936. The fourth-order valence-corrected chi connectivity index (χ4v) is 3.50. The Balaban J connectivity index is 1.70. The molecule has 1 fully saturated rings. The summed E-state index contributed by atoms with van der Waals surface area (Å²) in [5.74, 6) is 0.433. The van der Waals surface area contributed by atoms with E-state index in [-0.39, 0.29) is 11.6 Å². The van der Waals surface area contributed by atoms with Crippen molar-refractivity contribution in [3.05, 3.63) is 63.9 Å². The smallest absolute Gasteiger partial charge is 0.227 e. The van der Waals surface area contributed by atoms with Crippen LogP contribution in [0.25, 0.3) is 0 Å². The third-order valence-corrected chi connectivity index (χ3v) is 5.48. The Kier molecular flexibility index (Phi) is 7.00. The number of halogens is 3. The molecule has 0 unspecified atom stereocenters. The zero-order valence-electron chi connectivity index (χ0n) is 16.3. The van der Waals surface area contributed by atoms with Crippen LogP contribution < -0.4 is 20.1 Å². The molecule has 154 valence electrons. The van der Waals surface area contributed by atoms with Crippen LogP contribution in [0.3, 0.4) is 0 Å². The second-order valence-electron chi connectivity index (χ2n) is 6.85. The number of rotatable bonds is 7. The summed E-state index contributed by atoms with van der Waals surface area (Å²) in [4.78, 5) is 13.6. The van der Waals surface area contributed by atoms with E-state index in [1.165, 1.54) is 13.3 Å². The zero-order valence-corrected chi connectivity index (χ0v) is 17.8. The van der Waals surface area contributed by atoms with E-state index >= 15 is 0 Å². The number of allylic oxidation sites excluding steroid dienone is 1. The molecule has 1 aliphatic heterocycles. The van der Waals surface area contributed by atoms with Gasteiger partial charge in [0.25, 0.3) is 0 Å². The van der Waals surface area contributed by atoms with Crippen LogP contribution in [0.15, 0.2) is 48.3 Å². The number of quaternary nitrogens is 1. The molecule has 0 spiro atoms. The summed E-state index contributed by atoms with van der Waals surface area (Å²) in [7, 11) is 1.48. The molecule has 1 saturated heterocycles. The fourth-order valence-electron chi connectivity index (χ4n) is 3.18. The quantitative estimate of drug-likeness (QED) is 0.649. The fraction of sp³-hybridized carbons (Fsp3) is 0.286. The predicted octanol–water partition coefficient (Wildman–Crippen LogP) is 4.44. The Hall–Kier alpha value is -2.28. The molecule has 1 heterocycles. The Morgan fingerprint density at radius 3 is 2.72 bits per heavy atom. The van der Waals surface area contributed by atoms with Crippen LogP contribution in [-0.4, -0.2) is 19.6 Å². The Labute approximate surface area is 179 Å². The van der Waals surface area contributed by atoms with Gasteiger partial charge in [-0.05, 0) is 30.7 Å². The standard InChI is InChI=1S/C21H22Cl2FN3O2/c1-14(25-12-15-5-7-17(22)18(23)10-15)13-27(24)19-8-6-16(11-20(19)29-2)26-9-3-4-21(26)28/h5-8,10-11,13,25H,3-4,9,12H2,1-2H3/p+1/b14-13-. The van der Waals surface area contributed by atoms with Crippen LogP contribution in [0.4, 0.5) is 15.9 Å². The van der Waals surface area contributed by atoms with Crippen molar-refractivity contribution in [3.8, 4) is 5.75 Å². The highest BCUT2D eigenvalue weighted by Gasteiger charge is 2.23. The average Bonchev–Trinajstić information content (AvgIpc) is 3.14. The normalized spacial score (nSPS) is 14.4. The van der Waals surface area contributed by atoms with E-state index in [4.69, 9.17) is 27.9 Å². The number of nitrogens with two attached hydrogens (primary N) is 1. The van der Waals surface area contributed by atoms with E-state index in [9.17, 15) is 9.28 Å². The van der Waals surface area contributed by atoms with E-state index in [1.54, 1.807) is 35.2 Å². The van der Waals surface area contributed by atoms with Gasteiger partial charge in [-0.2, -0.15) is 5.12 Å². The van der Waals surface area contributed by atoms with Crippen LogP contribution in [0.1, 0.15) is 25.3 Å². The lowest BCUT2D eigenvalue weighted by Gasteiger charge is -2.19. The summed E-state index contributed by atoms with van der Waals surface area (Å²) >= 11 is 12.0. The summed E-state index contributed by atoms with van der Waals surface area (Å²) in [5, 5.41) is 3.42. The number of amides is 1. The van der Waals surface area contributed by atoms with Crippen LogP contribution in [0.2, 0.25) is 10.0 Å². The lowest BCUT2D eigenvalue weighted by atomic mass is 10.2. The first-order valence-electron chi connectivity index (χ1n) is 9.28. The van der Waals surface area contributed by atoms with Crippen molar-refractivity contribution in [3.63, 3.8) is 0 Å². The number of nitrogens with zero attached hydrogens (tertiary/aromatic N) is 2. The molecule has 1 amide bonds. The lowest BCUT2D eigenvalue weighted by molar-refractivity contribution is -0.622. The third kappa shape index (κ3) is 5.21. The van der Waals surface area contributed by atoms with E-state index in [2.05, 4.69) is 0 Å². The number of ether oxygens (including phenoxy) is 1. The minimum atomic E-state index is 0.0737. The van der Waals surface area contributed by atoms with Crippen molar-refractivity contribution in [2.45, 2.75) is 26.3 Å². The van der Waals surface area contributed by atoms with Gasteiger partial charge in [-0.3, -0.25) is 4.79 Å². The maximum absolute atomic E-state index is 14.8. The average molecular weight is 439 g/mol. The van der Waals surface area contributed by atoms with Crippen molar-refractivity contribution in [1.82, 2.24) is 0 Å². The second-order valence-corrected chi connectivity index (χ2v) is 7.66. The zero-order chi connectivity index (χ0) is 21.0. The molecule has 3 rings (SSSR count). The summed E-state index contributed by atoms with van der Waals surface area (Å²) in [5.41, 5.74) is 2.70. The van der Waals surface area contributed by atoms with Gasteiger partial charge in [0.2, 0.25) is 5.91 Å². The van der Waals surface area contributed by atoms with Gasteiger partial charge in [-0.1, -0.05) is 33.7 Å². The van der Waals surface area contributed by atoms with Crippen molar-refractivity contribution in [1.29, 1.82) is 0 Å². The summed E-state index contributed by atoms with van der Waals surface area (Å²) in [6.45, 7) is 3.08. The van der Waals surface area contributed by atoms with Gasteiger partial charge >= 0.3 is 0 Å². The van der Waals surface area contributed by atoms with Gasteiger partial charge in [0.15, 0.2) is 0 Å². The molecule has 0 atom stereocenters. The third-order valence-electron chi connectivity index (χ3n) is 4.74. The maximum atomic E-state index is 14.8. The first kappa shape index (κ1) is 21.4. The van der Waals surface area contributed by atoms with Crippen molar-refractivity contribution in [2.24, 2.45) is 0 Å². The number of methoxy groups -OCH3 is 1. The topological polar surface area (TPSA) is 49.4 Å². The van der Waals surface area contributed by atoms with Gasteiger partial charge in [0.05, 0.1) is 23.4 Å². The second kappa shape index (κ2) is 9.48. The number of benzene rings is 2. The van der Waals surface area contributed by atoms with E-state index < -0.39 is 0 Å². The molecule has 1 aliphatic rings. The Morgan fingerprint density at radius 2 is 2.07 bits per heavy atom. The number of carbonyl (C=O) groups is 1. The predicted molar refractivity (Wildman–Crippen MR) is 114 cm³/mol. The highest BCUT2D eigenvalue weighted by Crippen LogP contribution is 2.34. The first-order valence-corrected chi connectivity index (χ1v) is 10.0. The molecule has 0 bridgehead atoms. The van der Waals surface area contributed by atoms with Crippen LogP contribution in [0, 0.1) is 0 Å². The van der Waals surface area contributed by atoms with Gasteiger partial charge in [0.1, 0.15) is 23.7 Å². The lowest BCUT2D eigenvalue weighted by Crippen LogP contribution is -2.79. The van der Waals surface area contributed by atoms with Crippen molar-refractivity contribution < 1.29 is 19.3 Å². The molecular formula is C21H23Cl2FN3O2+. The van der Waals surface area contributed by atoms with E-state index in [1.807, 2.05) is 18.3 Å². The van der Waals surface area contributed by atoms with Gasteiger partial charge < -0.3 is 15.0 Å². The molecule has 2 aromatic carbocycles. The van der Waals surface area contributed by atoms with E-state index in [0.29, 0.717) is 46.1 Å². The summed E-state index contributed by atoms with van der Waals surface area (Å²) < 4.78 is 20.2. The molecule has 29 heavy (non-hydrogen) atoms. The minimum absolute atomic E-state index is 0.0737. The van der Waals surface area contributed by atoms with E-state index in [0.717, 1.165) is 17.7 Å². The maximum Gasteiger partial charge on any atom is 0.227 e. The molecule has 8 heteroatoms. The Morgan fingerprint density at radius 1 is 1.28 bits per heavy atom. The molecule has 0 radical (unpaired) electrons. The van der Waals surface area contributed by atoms with Crippen molar-refractivity contribution in [2.75, 3.05) is 23.7 Å². The molecular weight excluding hydrogens is 416 g/mol. The van der Waals surface area contributed by atoms with Crippen molar-refractivity contribution >= 4 is 40.5 Å². The monoisotopic (exact) mass is 438 g/mol. The highest BCUT2D eigenvalue weighted by atomic mass is 35.5. The number of hydrogen-bond donors (Lipinski definition) is 1. The molecule has 5 nitrogen and oxygen atoms in total. The summed E-state index contributed by atoms with van der Waals surface area (Å²) in [6, 6.07) is 10.5. The van der Waals surface area contributed by atoms with Gasteiger partial charge in [-0.25, -0.2) is 0 Å². The minimum Gasteiger partial charge on any atom is -0.494 e. The number of anilines is 2. The van der Waals surface area contributed by atoms with Crippen LogP contribution in [-0.2, 0) is 11.3 Å². The highest BCUT2D eigenvalue weighted by molar-refractivity contribution is 6.42.